The van der Waals surface area contributed by atoms with E-state index in [1.807, 2.05) is 0 Å². The lowest BCUT2D eigenvalue weighted by molar-refractivity contribution is 0.715. The second-order valence-corrected chi connectivity index (χ2v) is 23.7. The van der Waals surface area contributed by atoms with Crippen molar-refractivity contribution < 1.29 is 0 Å². The summed E-state index contributed by atoms with van der Waals surface area (Å²) in [7, 11) is -0.598. The molecule has 0 unspecified atom stereocenters. The minimum atomic E-state index is -1.48. The topological polar surface area (TPSA) is 0 Å². The van der Waals surface area contributed by atoms with Gasteiger partial charge < -0.3 is 0 Å². The van der Waals surface area contributed by atoms with Crippen molar-refractivity contribution in [2.75, 3.05) is 0 Å². The van der Waals surface area contributed by atoms with Crippen LogP contribution in [0.15, 0.2) is 66.7 Å². The number of hydrogen-bond acceptors (Lipinski definition) is 0. The fourth-order valence-corrected chi connectivity index (χ4v) is 16.2. The standard InChI is InChI=1S/C36H44B.C16H27P/c1-21-13-25(5)33(26(6)14-21)37(34-27(7)15-22(2)16-28(34)8,35-29(9)17-23(3)18-30(35)10)36-31(11)19-24(4)20-32(36)12;1-12-9-13(2)11-14(10-12)17(15(3,4)5)16(6,7)8/h13-20H,1-12H3;9-11H,1-8H3/q-1;/p+1. The van der Waals surface area contributed by atoms with Crippen LogP contribution < -0.4 is 27.2 Å². The summed E-state index contributed by atoms with van der Waals surface area (Å²) in [6.45, 7) is 46.4. The molecule has 0 atom stereocenters. The van der Waals surface area contributed by atoms with Gasteiger partial charge in [0.15, 0.2) is 0 Å². The predicted molar refractivity (Wildman–Crippen MR) is 250 cm³/mol. The Hall–Kier alpha value is -3.41. The van der Waals surface area contributed by atoms with E-state index in [-0.39, 0.29) is 0 Å². The highest BCUT2D eigenvalue weighted by atomic mass is 31.1. The molecule has 0 radical (unpaired) electrons. The van der Waals surface area contributed by atoms with Crippen LogP contribution in [0.1, 0.15) is 119 Å². The molecular weight excluding hydrogens is 666 g/mol. The molecule has 0 saturated carbocycles. The molecule has 5 aromatic carbocycles. The average molecular weight is 739 g/mol. The van der Waals surface area contributed by atoms with Crippen molar-refractivity contribution in [3.05, 3.63) is 145 Å². The monoisotopic (exact) mass is 739 g/mol. The van der Waals surface area contributed by atoms with Crippen LogP contribution in [-0.2, 0) is 0 Å². The van der Waals surface area contributed by atoms with Crippen molar-refractivity contribution in [2.45, 2.75) is 149 Å². The molecule has 0 aliphatic heterocycles. The Morgan fingerprint density at radius 3 is 0.667 bits per heavy atom. The zero-order chi connectivity index (χ0) is 40.8. The smallest absolute Gasteiger partial charge is 0.110 e. The highest BCUT2D eigenvalue weighted by Crippen LogP contribution is 2.58. The Balaban J connectivity index is 0.000000321. The van der Waals surface area contributed by atoms with Gasteiger partial charge in [0, 0.05) is 7.92 Å². The van der Waals surface area contributed by atoms with E-state index in [1.54, 1.807) is 5.30 Å². The third-order valence-electron chi connectivity index (χ3n) is 11.7. The highest BCUT2D eigenvalue weighted by Gasteiger charge is 2.44. The van der Waals surface area contributed by atoms with Gasteiger partial charge in [-0.15, -0.1) is 0 Å². The molecule has 0 saturated heterocycles. The molecule has 0 N–H and O–H groups in total. The van der Waals surface area contributed by atoms with Crippen molar-refractivity contribution >= 4 is 41.2 Å². The van der Waals surface area contributed by atoms with E-state index < -0.39 is 14.1 Å². The average Bonchev–Trinajstić information content (AvgIpc) is 2.93. The van der Waals surface area contributed by atoms with E-state index in [0.29, 0.717) is 10.3 Å². The highest BCUT2D eigenvalue weighted by molar-refractivity contribution is 7.68. The van der Waals surface area contributed by atoms with E-state index in [2.05, 4.69) is 205 Å². The summed E-state index contributed by atoms with van der Waals surface area (Å²) in [6, 6.07) is 26.3. The largest absolute Gasteiger partial charge is 0.189 e. The van der Waals surface area contributed by atoms with Crippen LogP contribution in [0, 0.1) is 96.9 Å². The molecule has 0 aromatic heterocycles. The van der Waals surface area contributed by atoms with Crippen molar-refractivity contribution in [2.24, 2.45) is 0 Å². The van der Waals surface area contributed by atoms with E-state index >= 15 is 0 Å². The molecule has 0 spiro atoms. The van der Waals surface area contributed by atoms with Gasteiger partial charge in [0.1, 0.15) is 6.15 Å². The third-order valence-corrected chi connectivity index (χ3v) is 15.6. The summed E-state index contributed by atoms with van der Waals surface area (Å²) in [4.78, 5) is 0. The fourth-order valence-electron chi connectivity index (χ4n) is 11.5. The quantitative estimate of drug-likeness (QED) is 0.124. The van der Waals surface area contributed by atoms with Gasteiger partial charge in [-0.2, -0.15) is 21.9 Å². The number of benzene rings is 5. The molecule has 0 amide bonds. The molecule has 0 fully saturated rings. The molecule has 288 valence electrons. The number of hydrogen-bond donors (Lipinski definition) is 0. The first kappa shape index (κ1) is 43.3. The van der Waals surface area contributed by atoms with Crippen LogP contribution in [0.25, 0.3) is 0 Å². The fraction of sp³-hybridized carbons (Fsp3) is 0.423. The van der Waals surface area contributed by atoms with Crippen LogP contribution in [0.2, 0.25) is 0 Å². The zero-order valence-electron chi connectivity index (χ0n) is 37.9. The maximum Gasteiger partial charge on any atom is 0.110 e. The van der Waals surface area contributed by atoms with Crippen molar-refractivity contribution in [1.29, 1.82) is 0 Å². The van der Waals surface area contributed by atoms with Crippen molar-refractivity contribution in [3.63, 3.8) is 0 Å². The molecule has 0 aliphatic rings. The predicted octanol–water partition coefficient (Wildman–Crippen LogP) is 11.5. The van der Waals surface area contributed by atoms with E-state index in [9.17, 15) is 0 Å². The summed E-state index contributed by atoms with van der Waals surface area (Å²) >= 11 is 0. The Labute approximate surface area is 333 Å². The Morgan fingerprint density at radius 2 is 0.481 bits per heavy atom. The molecule has 2 heteroatoms. The van der Waals surface area contributed by atoms with E-state index in [0.717, 1.165) is 0 Å². The normalized spacial score (nSPS) is 12.2. The lowest BCUT2D eigenvalue weighted by Gasteiger charge is -2.51. The second kappa shape index (κ2) is 16.0. The minimum Gasteiger partial charge on any atom is -0.189 e. The molecular formula is C52H72BP. The summed E-state index contributed by atoms with van der Waals surface area (Å²) < 4.78 is 0. The van der Waals surface area contributed by atoms with Crippen LogP contribution in [0.5, 0.6) is 0 Å². The third kappa shape index (κ3) is 8.68. The van der Waals surface area contributed by atoms with Crippen molar-refractivity contribution in [1.82, 2.24) is 0 Å². The summed E-state index contributed by atoms with van der Waals surface area (Å²) in [5.41, 5.74) is 25.2. The van der Waals surface area contributed by atoms with Crippen molar-refractivity contribution in [3.8, 4) is 0 Å². The lowest BCUT2D eigenvalue weighted by atomic mass is 9.10. The van der Waals surface area contributed by atoms with Gasteiger partial charge in [-0.3, -0.25) is 0 Å². The molecule has 0 nitrogen and oxygen atoms in total. The maximum absolute atomic E-state index is 2.40. The van der Waals surface area contributed by atoms with Crippen LogP contribution in [0.4, 0.5) is 0 Å². The van der Waals surface area contributed by atoms with Gasteiger partial charge in [-0.1, -0.05) is 121 Å². The number of rotatable bonds is 5. The number of aryl methyl sites for hydroxylation is 14. The van der Waals surface area contributed by atoms with Gasteiger partial charge >= 0.3 is 0 Å². The zero-order valence-corrected chi connectivity index (χ0v) is 38.9. The Bertz CT molecular complexity index is 1820. The first-order chi connectivity index (χ1) is 24.8. The SMILES string of the molecule is Cc1cc(C)c([B-](c2c(C)cc(C)cc2C)(c2c(C)cc(C)cc2C)c2c(C)cc(C)cc2C)c(C)c1.Cc1cc(C)cc([PH+](C(C)(C)C)C(C)(C)C)c1. The van der Waals surface area contributed by atoms with Gasteiger partial charge in [0.2, 0.25) is 0 Å². The molecule has 0 bridgehead atoms. The van der Waals surface area contributed by atoms with Crippen LogP contribution in [-0.4, -0.2) is 16.5 Å². The Morgan fingerprint density at radius 1 is 0.296 bits per heavy atom. The second-order valence-electron chi connectivity index (χ2n) is 19.4. The Kier molecular flexibility index (Phi) is 12.8. The van der Waals surface area contributed by atoms with Crippen LogP contribution >= 0.6 is 7.92 Å². The minimum absolute atomic E-state index is 0.392. The maximum atomic E-state index is 2.40. The summed E-state index contributed by atoms with van der Waals surface area (Å²) in [5.74, 6) is 0. The molecule has 5 aromatic rings. The van der Waals surface area contributed by atoms with Gasteiger partial charge in [-0.25, -0.2) is 0 Å². The van der Waals surface area contributed by atoms with Crippen LogP contribution in [0.3, 0.4) is 0 Å². The van der Waals surface area contributed by atoms with Gasteiger partial charge in [-0.05, 0) is 162 Å². The molecule has 5 rings (SSSR count). The van der Waals surface area contributed by atoms with E-state index in [1.165, 1.54) is 99.7 Å². The first-order valence-electron chi connectivity index (χ1n) is 20.3. The molecule has 54 heavy (non-hydrogen) atoms. The van der Waals surface area contributed by atoms with Gasteiger partial charge in [0.25, 0.3) is 0 Å². The van der Waals surface area contributed by atoms with E-state index in [4.69, 9.17) is 0 Å². The molecule has 0 aliphatic carbocycles. The first-order valence-corrected chi connectivity index (χ1v) is 21.8. The summed E-state index contributed by atoms with van der Waals surface area (Å²) in [6.07, 6.45) is -1.48. The molecule has 0 heterocycles. The van der Waals surface area contributed by atoms with Gasteiger partial charge in [0.05, 0.1) is 15.6 Å². The lowest BCUT2D eigenvalue weighted by Crippen LogP contribution is -2.78. The summed E-state index contributed by atoms with van der Waals surface area (Å²) in [5, 5.41) is 2.37.